The Bertz CT molecular complexity index is 1290. The average Bonchev–Trinajstić information content (AvgIpc) is 3.16. The Labute approximate surface area is 168 Å². The average molecular weight is 408 g/mol. The van der Waals surface area contributed by atoms with E-state index in [1.807, 2.05) is 0 Å². The van der Waals surface area contributed by atoms with Gasteiger partial charge in [-0.25, -0.2) is 23.5 Å². The number of H-pyrrole nitrogens is 1. The Morgan fingerprint density at radius 2 is 1.73 bits per heavy atom. The lowest BCUT2D eigenvalue weighted by molar-refractivity contribution is 0.104. The minimum Gasteiger partial charge on any atom is -0.383 e. The summed E-state index contributed by atoms with van der Waals surface area (Å²) in [6, 6.07) is 8.53. The lowest BCUT2D eigenvalue weighted by Crippen LogP contribution is -2.19. The van der Waals surface area contributed by atoms with E-state index in [1.165, 1.54) is 24.7 Å². The highest BCUT2D eigenvalue weighted by Crippen LogP contribution is 2.24. The number of nitrogens with two attached hydrogens (primary N) is 1. The molecule has 2 aromatic carbocycles. The van der Waals surface area contributed by atoms with Gasteiger partial charge in [0.15, 0.2) is 17.4 Å². The molecule has 30 heavy (non-hydrogen) atoms. The predicted molar refractivity (Wildman–Crippen MR) is 107 cm³/mol. The molecule has 150 valence electrons. The molecule has 10 heteroatoms. The number of hydrogen-bond donors (Lipinski definition) is 4. The zero-order chi connectivity index (χ0) is 21.3. The van der Waals surface area contributed by atoms with Gasteiger partial charge in [-0.1, -0.05) is 12.1 Å². The van der Waals surface area contributed by atoms with Gasteiger partial charge in [-0.3, -0.25) is 4.79 Å². The molecule has 4 aromatic rings. The normalized spacial score (nSPS) is 10.7. The molecule has 0 radical (unpaired) electrons. The van der Waals surface area contributed by atoms with Gasteiger partial charge in [0, 0.05) is 29.2 Å². The van der Waals surface area contributed by atoms with Crippen LogP contribution in [0.5, 0.6) is 0 Å². The van der Waals surface area contributed by atoms with Crippen LogP contribution < -0.4 is 16.4 Å². The molecule has 0 spiro atoms. The molecule has 2 amide bonds. The number of nitrogens with one attached hydrogen (secondary N) is 3. The first-order valence-corrected chi connectivity index (χ1v) is 8.68. The molecule has 0 saturated heterocycles. The van der Waals surface area contributed by atoms with E-state index in [4.69, 9.17) is 5.73 Å². The number of urea groups is 1. The van der Waals surface area contributed by atoms with Crippen molar-refractivity contribution in [2.24, 2.45) is 0 Å². The molecular weight excluding hydrogens is 394 g/mol. The Balaban J connectivity index is 1.54. The summed E-state index contributed by atoms with van der Waals surface area (Å²) in [5.41, 5.74) is 7.30. The first kappa shape index (κ1) is 19.0. The van der Waals surface area contributed by atoms with Gasteiger partial charge in [-0.15, -0.1) is 0 Å². The van der Waals surface area contributed by atoms with Crippen LogP contribution in [-0.2, 0) is 0 Å². The largest absolute Gasteiger partial charge is 0.383 e. The highest BCUT2D eigenvalue weighted by atomic mass is 19.2. The third-order valence-corrected chi connectivity index (χ3v) is 4.30. The summed E-state index contributed by atoms with van der Waals surface area (Å²) < 4.78 is 26.3. The second-order valence-corrected chi connectivity index (χ2v) is 6.30. The van der Waals surface area contributed by atoms with E-state index in [1.54, 1.807) is 18.2 Å². The number of amides is 2. The fourth-order valence-corrected chi connectivity index (χ4v) is 2.93. The van der Waals surface area contributed by atoms with Gasteiger partial charge in [0.1, 0.15) is 17.8 Å². The van der Waals surface area contributed by atoms with Crippen molar-refractivity contribution in [2.75, 3.05) is 16.4 Å². The van der Waals surface area contributed by atoms with Crippen LogP contribution in [0.4, 0.5) is 30.8 Å². The number of carbonyl (C=O) groups is 2. The maximum atomic E-state index is 13.3. The van der Waals surface area contributed by atoms with Crippen molar-refractivity contribution in [3.8, 4) is 0 Å². The lowest BCUT2D eigenvalue weighted by Gasteiger charge is -2.09. The summed E-state index contributed by atoms with van der Waals surface area (Å²) in [7, 11) is 0. The van der Waals surface area contributed by atoms with E-state index < -0.39 is 17.7 Å². The van der Waals surface area contributed by atoms with Crippen molar-refractivity contribution in [2.45, 2.75) is 0 Å². The van der Waals surface area contributed by atoms with Gasteiger partial charge in [-0.2, -0.15) is 0 Å². The quantitative estimate of drug-likeness (QED) is 0.383. The zero-order valence-electron chi connectivity index (χ0n) is 15.2. The fraction of sp³-hybridized carbons (Fsp3) is 0. The topological polar surface area (TPSA) is 126 Å². The number of halogens is 2. The fourth-order valence-electron chi connectivity index (χ4n) is 2.93. The number of aromatic amines is 1. The highest BCUT2D eigenvalue weighted by molar-refractivity contribution is 6.18. The molecule has 0 aliphatic rings. The molecule has 0 aliphatic carbocycles. The molecule has 8 nitrogen and oxygen atoms in total. The van der Waals surface area contributed by atoms with Crippen LogP contribution in [-0.4, -0.2) is 26.8 Å². The van der Waals surface area contributed by atoms with E-state index in [2.05, 4.69) is 25.6 Å². The Morgan fingerprint density at radius 1 is 0.967 bits per heavy atom. The van der Waals surface area contributed by atoms with Crippen LogP contribution in [0, 0.1) is 11.6 Å². The summed E-state index contributed by atoms with van der Waals surface area (Å²) in [5, 5.41) is 5.34. The number of nitrogens with zero attached hydrogens (tertiary/aromatic N) is 2. The molecule has 2 aromatic heterocycles. The van der Waals surface area contributed by atoms with Crippen LogP contribution in [0.25, 0.3) is 11.0 Å². The second kappa shape index (κ2) is 7.59. The minimum absolute atomic E-state index is 0.0768. The van der Waals surface area contributed by atoms with Crippen molar-refractivity contribution >= 4 is 40.0 Å². The number of anilines is 3. The van der Waals surface area contributed by atoms with Crippen LogP contribution in [0.3, 0.4) is 0 Å². The van der Waals surface area contributed by atoms with E-state index in [9.17, 15) is 18.4 Å². The standard InChI is InChI=1S/C20H14F2N6O2/c21-14-5-4-12(7-15(14)22)28-20(30)27-11-3-1-2-10(6-11)17(29)13-8-24-19-16(13)18(23)25-9-26-19/h1-9H,(H2,27,28,30)(H3,23,24,25,26). The molecule has 5 N–H and O–H groups in total. The van der Waals surface area contributed by atoms with Crippen LogP contribution in [0.2, 0.25) is 0 Å². The molecule has 0 fully saturated rings. The summed E-state index contributed by atoms with van der Waals surface area (Å²) in [6.07, 6.45) is 2.78. The lowest BCUT2D eigenvalue weighted by atomic mass is 10.0. The Morgan fingerprint density at radius 3 is 2.50 bits per heavy atom. The van der Waals surface area contributed by atoms with Crippen molar-refractivity contribution in [1.82, 2.24) is 15.0 Å². The summed E-state index contributed by atoms with van der Waals surface area (Å²) in [5.74, 6) is -2.27. The number of rotatable bonds is 4. The number of aromatic nitrogens is 3. The maximum absolute atomic E-state index is 13.3. The molecule has 4 rings (SSSR count). The number of ketones is 1. The monoisotopic (exact) mass is 408 g/mol. The molecule has 0 bridgehead atoms. The van der Waals surface area contributed by atoms with Gasteiger partial charge in [0.25, 0.3) is 0 Å². The van der Waals surface area contributed by atoms with Gasteiger partial charge in [-0.05, 0) is 24.3 Å². The van der Waals surface area contributed by atoms with Gasteiger partial charge in [0.05, 0.1) is 10.9 Å². The first-order chi connectivity index (χ1) is 14.4. The molecule has 0 unspecified atom stereocenters. The second-order valence-electron chi connectivity index (χ2n) is 6.30. The van der Waals surface area contributed by atoms with Crippen molar-refractivity contribution in [3.05, 3.63) is 77.8 Å². The zero-order valence-corrected chi connectivity index (χ0v) is 15.2. The SMILES string of the molecule is Nc1ncnc2[nH]cc(C(=O)c3cccc(NC(=O)Nc4ccc(F)c(F)c4)c3)c12. The Hall–Kier alpha value is -4.34. The van der Waals surface area contributed by atoms with Crippen LogP contribution >= 0.6 is 0 Å². The molecule has 0 atom stereocenters. The molecule has 2 heterocycles. The summed E-state index contributed by atoms with van der Waals surface area (Å²) in [4.78, 5) is 35.9. The maximum Gasteiger partial charge on any atom is 0.323 e. The smallest absolute Gasteiger partial charge is 0.323 e. The van der Waals surface area contributed by atoms with E-state index in [0.717, 1.165) is 12.1 Å². The molecular formula is C20H14F2N6O2. The predicted octanol–water partition coefficient (Wildman–Crippen LogP) is 3.69. The molecule has 0 saturated carbocycles. The third-order valence-electron chi connectivity index (χ3n) is 4.30. The Kier molecular flexibility index (Phi) is 4.80. The van der Waals surface area contributed by atoms with Gasteiger partial charge < -0.3 is 21.4 Å². The van der Waals surface area contributed by atoms with E-state index in [-0.39, 0.29) is 17.3 Å². The van der Waals surface area contributed by atoms with Gasteiger partial charge in [0.2, 0.25) is 0 Å². The van der Waals surface area contributed by atoms with E-state index in [0.29, 0.717) is 27.8 Å². The van der Waals surface area contributed by atoms with Crippen molar-refractivity contribution in [1.29, 1.82) is 0 Å². The van der Waals surface area contributed by atoms with Crippen LogP contribution in [0.1, 0.15) is 15.9 Å². The number of nitrogen functional groups attached to an aromatic ring is 1. The third kappa shape index (κ3) is 3.65. The van der Waals surface area contributed by atoms with E-state index >= 15 is 0 Å². The number of fused-ring (bicyclic) bond motifs is 1. The minimum atomic E-state index is -1.08. The summed E-state index contributed by atoms with van der Waals surface area (Å²) >= 11 is 0. The summed E-state index contributed by atoms with van der Waals surface area (Å²) in [6.45, 7) is 0. The highest BCUT2D eigenvalue weighted by Gasteiger charge is 2.18. The van der Waals surface area contributed by atoms with Gasteiger partial charge >= 0.3 is 6.03 Å². The molecule has 0 aliphatic heterocycles. The number of carbonyl (C=O) groups excluding carboxylic acids is 2. The first-order valence-electron chi connectivity index (χ1n) is 8.68. The number of hydrogen-bond acceptors (Lipinski definition) is 5. The van der Waals surface area contributed by atoms with Crippen molar-refractivity contribution in [3.63, 3.8) is 0 Å². The number of benzene rings is 2. The van der Waals surface area contributed by atoms with Crippen LogP contribution in [0.15, 0.2) is 55.0 Å². The van der Waals surface area contributed by atoms with Crippen molar-refractivity contribution < 1.29 is 18.4 Å².